The molecule has 0 aromatic heterocycles. The molecular weight excluding hydrogens is 241 g/mol. The molecule has 0 amide bonds. The lowest BCUT2D eigenvalue weighted by molar-refractivity contribution is 0.0499. The molecule has 0 spiro atoms. The maximum atomic E-state index is 13.3. The zero-order valence-electron chi connectivity index (χ0n) is 12.1. The molecule has 1 aromatic carbocycles. The van der Waals surface area contributed by atoms with Crippen LogP contribution in [0.2, 0.25) is 0 Å². The lowest BCUT2D eigenvalue weighted by Crippen LogP contribution is -2.24. The third-order valence-electron chi connectivity index (χ3n) is 3.04. The number of ether oxygens (including phenoxy) is 1. The van der Waals surface area contributed by atoms with Crippen molar-refractivity contribution in [2.75, 3.05) is 19.7 Å². The van der Waals surface area contributed by atoms with E-state index in [2.05, 4.69) is 19.2 Å². The lowest BCUT2D eigenvalue weighted by atomic mass is 10.1. The SMILES string of the molecule is CCCCCOC(CNCCC)c1cccc(F)c1. The molecule has 0 aliphatic carbocycles. The Hall–Kier alpha value is -0.930. The minimum atomic E-state index is -0.199. The van der Waals surface area contributed by atoms with Crippen molar-refractivity contribution in [1.29, 1.82) is 0 Å². The van der Waals surface area contributed by atoms with Gasteiger partial charge in [0.15, 0.2) is 0 Å². The summed E-state index contributed by atoms with van der Waals surface area (Å²) in [7, 11) is 0. The average molecular weight is 267 g/mol. The van der Waals surface area contributed by atoms with Gasteiger partial charge in [0.2, 0.25) is 0 Å². The quantitative estimate of drug-likeness (QED) is 0.645. The molecule has 0 fully saturated rings. The number of rotatable bonds is 10. The number of halogens is 1. The Morgan fingerprint density at radius 1 is 1.21 bits per heavy atom. The minimum Gasteiger partial charge on any atom is -0.372 e. The molecule has 3 heteroatoms. The van der Waals surface area contributed by atoms with Gasteiger partial charge < -0.3 is 10.1 Å². The van der Waals surface area contributed by atoms with Crippen molar-refractivity contribution < 1.29 is 9.13 Å². The summed E-state index contributed by atoms with van der Waals surface area (Å²) in [4.78, 5) is 0. The normalized spacial score (nSPS) is 12.6. The fourth-order valence-corrected chi connectivity index (χ4v) is 1.97. The largest absolute Gasteiger partial charge is 0.372 e. The van der Waals surface area contributed by atoms with Crippen LogP contribution in [0.4, 0.5) is 4.39 Å². The number of benzene rings is 1. The van der Waals surface area contributed by atoms with Gasteiger partial charge in [-0.2, -0.15) is 0 Å². The fourth-order valence-electron chi connectivity index (χ4n) is 1.97. The summed E-state index contributed by atoms with van der Waals surface area (Å²) in [5.41, 5.74) is 0.917. The monoisotopic (exact) mass is 267 g/mol. The van der Waals surface area contributed by atoms with Crippen molar-refractivity contribution in [3.8, 4) is 0 Å². The second-order valence-electron chi connectivity index (χ2n) is 4.83. The summed E-state index contributed by atoms with van der Waals surface area (Å²) in [6.07, 6.45) is 4.46. The van der Waals surface area contributed by atoms with Gasteiger partial charge in [0.1, 0.15) is 5.82 Å². The number of hydrogen-bond acceptors (Lipinski definition) is 2. The molecular formula is C16H26FNO. The summed E-state index contributed by atoms with van der Waals surface area (Å²) in [6, 6.07) is 6.71. The Bertz CT molecular complexity index is 343. The van der Waals surface area contributed by atoms with Crippen molar-refractivity contribution in [1.82, 2.24) is 5.32 Å². The highest BCUT2D eigenvalue weighted by Crippen LogP contribution is 2.18. The maximum absolute atomic E-state index is 13.3. The van der Waals surface area contributed by atoms with E-state index in [1.165, 1.54) is 18.9 Å². The van der Waals surface area contributed by atoms with Gasteiger partial charge in [-0.15, -0.1) is 0 Å². The van der Waals surface area contributed by atoms with Gasteiger partial charge in [0.05, 0.1) is 6.10 Å². The van der Waals surface area contributed by atoms with Crippen molar-refractivity contribution >= 4 is 0 Å². The fraction of sp³-hybridized carbons (Fsp3) is 0.625. The average Bonchev–Trinajstić information content (AvgIpc) is 2.41. The molecule has 0 aliphatic rings. The smallest absolute Gasteiger partial charge is 0.123 e. The van der Waals surface area contributed by atoms with Crippen LogP contribution in [0.15, 0.2) is 24.3 Å². The van der Waals surface area contributed by atoms with Gasteiger partial charge in [0.25, 0.3) is 0 Å². The first kappa shape index (κ1) is 16.1. The molecule has 108 valence electrons. The van der Waals surface area contributed by atoms with Crippen molar-refractivity contribution in [3.63, 3.8) is 0 Å². The van der Waals surface area contributed by atoms with Gasteiger partial charge in [0, 0.05) is 13.2 Å². The predicted molar refractivity (Wildman–Crippen MR) is 77.8 cm³/mol. The highest BCUT2D eigenvalue weighted by molar-refractivity contribution is 5.19. The molecule has 0 heterocycles. The number of hydrogen-bond donors (Lipinski definition) is 1. The van der Waals surface area contributed by atoms with Gasteiger partial charge in [-0.1, -0.05) is 38.8 Å². The predicted octanol–water partition coefficient (Wildman–Crippen LogP) is 4.07. The molecule has 1 unspecified atom stereocenters. The maximum Gasteiger partial charge on any atom is 0.123 e. The van der Waals surface area contributed by atoms with E-state index >= 15 is 0 Å². The molecule has 0 radical (unpaired) electrons. The molecule has 1 rings (SSSR count). The summed E-state index contributed by atoms with van der Waals surface area (Å²) >= 11 is 0. The lowest BCUT2D eigenvalue weighted by Gasteiger charge is -2.19. The van der Waals surface area contributed by atoms with Crippen molar-refractivity contribution in [3.05, 3.63) is 35.6 Å². The van der Waals surface area contributed by atoms with Crippen LogP contribution in [0.3, 0.4) is 0 Å². The van der Waals surface area contributed by atoms with E-state index in [-0.39, 0.29) is 11.9 Å². The Morgan fingerprint density at radius 3 is 2.74 bits per heavy atom. The zero-order valence-corrected chi connectivity index (χ0v) is 12.1. The Labute approximate surface area is 116 Å². The van der Waals surface area contributed by atoms with E-state index in [0.717, 1.165) is 38.1 Å². The third kappa shape index (κ3) is 6.69. The van der Waals surface area contributed by atoms with Crippen LogP contribution in [0.5, 0.6) is 0 Å². The highest BCUT2D eigenvalue weighted by atomic mass is 19.1. The molecule has 0 saturated heterocycles. The van der Waals surface area contributed by atoms with E-state index < -0.39 is 0 Å². The van der Waals surface area contributed by atoms with Crippen LogP contribution in [0.1, 0.15) is 51.2 Å². The van der Waals surface area contributed by atoms with Crippen LogP contribution in [-0.4, -0.2) is 19.7 Å². The molecule has 19 heavy (non-hydrogen) atoms. The Balaban J connectivity index is 2.52. The van der Waals surface area contributed by atoms with Crippen molar-refractivity contribution in [2.24, 2.45) is 0 Å². The summed E-state index contributed by atoms with van der Waals surface area (Å²) in [5.74, 6) is -0.199. The molecule has 1 aromatic rings. The van der Waals surface area contributed by atoms with E-state index in [1.807, 2.05) is 6.07 Å². The Morgan fingerprint density at radius 2 is 2.05 bits per heavy atom. The third-order valence-corrected chi connectivity index (χ3v) is 3.04. The second-order valence-corrected chi connectivity index (χ2v) is 4.83. The van der Waals surface area contributed by atoms with Crippen molar-refractivity contribution in [2.45, 2.75) is 45.6 Å². The minimum absolute atomic E-state index is 0.0564. The van der Waals surface area contributed by atoms with Gasteiger partial charge in [-0.3, -0.25) is 0 Å². The molecule has 0 aliphatic heterocycles. The first-order chi connectivity index (χ1) is 9.27. The molecule has 0 saturated carbocycles. The summed E-state index contributed by atoms with van der Waals surface area (Å²) in [6.45, 7) is 6.75. The Kier molecular flexibility index (Phi) is 8.43. The highest BCUT2D eigenvalue weighted by Gasteiger charge is 2.12. The molecule has 0 bridgehead atoms. The van der Waals surface area contributed by atoms with E-state index in [9.17, 15) is 4.39 Å². The van der Waals surface area contributed by atoms with Crippen LogP contribution in [0, 0.1) is 5.82 Å². The van der Waals surface area contributed by atoms with Gasteiger partial charge in [-0.25, -0.2) is 4.39 Å². The topological polar surface area (TPSA) is 21.3 Å². The van der Waals surface area contributed by atoms with Gasteiger partial charge >= 0.3 is 0 Å². The van der Waals surface area contributed by atoms with Crippen LogP contribution >= 0.6 is 0 Å². The molecule has 1 N–H and O–H groups in total. The number of unbranched alkanes of at least 4 members (excludes halogenated alkanes) is 2. The molecule has 1 atom stereocenters. The second kappa shape index (κ2) is 9.93. The summed E-state index contributed by atoms with van der Waals surface area (Å²) in [5, 5.41) is 3.35. The van der Waals surface area contributed by atoms with E-state index in [4.69, 9.17) is 4.74 Å². The van der Waals surface area contributed by atoms with Crippen LogP contribution in [-0.2, 0) is 4.74 Å². The first-order valence-corrected chi connectivity index (χ1v) is 7.35. The molecule has 2 nitrogen and oxygen atoms in total. The van der Waals surface area contributed by atoms with E-state index in [0.29, 0.717) is 0 Å². The van der Waals surface area contributed by atoms with Gasteiger partial charge in [-0.05, 0) is 37.1 Å². The zero-order chi connectivity index (χ0) is 13.9. The van der Waals surface area contributed by atoms with Crippen LogP contribution in [0.25, 0.3) is 0 Å². The standard InChI is InChI=1S/C16H26FNO/c1-3-5-6-11-19-16(13-18-10-4-2)14-8-7-9-15(17)12-14/h7-9,12,16,18H,3-6,10-11,13H2,1-2H3. The van der Waals surface area contributed by atoms with Crippen LogP contribution < -0.4 is 5.32 Å². The number of nitrogens with one attached hydrogen (secondary N) is 1. The first-order valence-electron chi connectivity index (χ1n) is 7.35. The summed E-state index contributed by atoms with van der Waals surface area (Å²) < 4.78 is 19.2. The van der Waals surface area contributed by atoms with E-state index in [1.54, 1.807) is 12.1 Å².